The molecule has 0 aliphatic carbocycles. The number of rotatable bonds is 2. The van der Waals surface area contributed by atoms with Crippen LogP contribution in [0.2, 0.25) is 8.67 Å². The molecule has 0 aliphatic rings. The minimum Gasteiger partial charge on any atom is -0.384 e. The minimum atomic E-state index is -0.00931. The molecule has 16 heavy (non-hydrogen) atoms. The fraction of sp³-hybridized carbons (Fsp3) is 0.300. The summed E-state index contributed by atoms with van der Waals surface area (Å²) in [7, 11) is 0. The van der Waals surface area contributed by atoms with Gasteiger partial charge in [-0.3, -0.25) is 0 Å². The fourth-order valence-electron chi connectivity index (χ4n) is 1.62. The van der Waals surface area contributed by atoms with E-state index in [9.17, 15) is 0 Å². The third-order valence-corrected chi connectivity index (χ3v) is 3.90. The van der Waals surface area contributed by atoms with Crippen LogP contribution in [0.4, 0.5) is 5.82 Å². The minimum absolute atomic E-state index is 0.00931. The summed E-state index contributed by atoms with van der Waals surface area (Å²) >= 11 is 13.4. The first-order valence-corrected chi connectivity index (χ1v) is 6.32. The van der Waals surface area contributed by atoms with Gasteiger partial charge in [-0.25, -0.2) is 4.68 Å². The van der Waals surface area contributed by atoms with Crippen molar-refractivity contribution in [2.75, 3.05) is 5.73 Å². The van der Waals surface area contributed by atoms with Crippen LogP contribution in [0.3, 0.4) is 0 Å². The molecule has 2 aromatic rings. The highest BCUT2D eigenvalue weighted by atomic mass is 35.5. The molecule has 2 heterocycles. The molecule has 0 saturated carbocycles. The van der Waals surface area contributed by atoms with E-state index in [4.69, 9.17) is 28.9 Å². The van der Waals surface area contributed by atoms with Crippen molar-refractivity contribution >= 4 is 40.4 Å². The maximum Gasteiger partial charge on any atom is 0.122 e. The van der Waals surface area contributed by atoms with Gasteiger partial charge in [-0.2, -0.15) is 5.10 Å². The molecule has 0 bridgehead atoms. The van der Waals surface area contributed by atoms with E-state index < -0.39 is 0 Å². The highest BCUT2D eigenvalue weighted by molar-refractivity contribution is 7.20. The molecule has 1 unspecified atom stereocenters. The van der Waals surface area contributed by atoms with Gasteiger partial charge >= 0.3 is 0 Å². The van der Waals surface area contributed by atoms with Crippen LogP contribution in [0.15, 0.2) is 12.1 Å². The van der Waals surface area contributed by atoms with E-state index in [1.54, 1.807) is 4.68 Å². The number of aryl methyl sites for hydroxylation is 1. The lowest BCUT2D eigenvalue weighted by Crippen LogP contribution is -2.11. The SMILES string of the molecule is Cc1cc(N)n(C(C)c2cc(Cl)sc2Cl)n1. The molecule has 0 fully saturated rings. The molecule has 2 N–H and O–H groups in total. The number of nitrogen functional groups attached to an aromatic ring is 1. The Morgan fingerprint density at radius 2 is 2.12 bits per heavy atom. The average Bonchev–Trinajstić information content (AvgIpc) is 2.68. The van der Waals surface area contributed by atoms with Gasteiger partial charge in [-0.15, -0.1) is 11.3 Å². The van der Waals surface area contributed by atoms with Gasteiger partial charge in [-0.1, -0.05) is 23.2 Å². The zero-order chi connectivity index (χ0) is 11.9. The summed E-state index contributed by atoms with van der Waals surface area (Å²) in [4.78, 5) is 0. The number of nitrogens with two attached hydrogens (primary N) is 1. The van der Waals surface area contributed by atoms with Crippen LogP contribution in [-0.4, -0.2) is 9.78 Å². The average molecular weight is 276 g/mol. The summed E-state index contributed by atoms with van der Waals surface area (Å²) in [5, 5.41) is 4.33. The molecule has 0 amide bonds. The van der Waals surface area contributed by atoms with Crippen molar-refractivity contribution in [3.05, 3.63) is 32.1 Å². The Kier molecular flexibility index (Phi) is 3.15. The summed E-state index contributed by atoms with van der Waals surface area (Å²) in [5.74, 6) is 0.628. The van der Waals surface area contributed by atoms with Crippen molar-refractivity contribution in [2.24, 2.45) is 0 Å². The summed E-state index contributed by atoms with van der Waals surface area (Å²) in [5.41, 5.74) is 7.71. The highest BCUT2D eigenvalue weighted by Crippen LogP contribution is 2.36. The van der Waals surface area contributed by atoms with E-state index in [-0.39, 0.29) is 6.04 Å². The van der Waals surface area contributed by atoms with E-state index >= 15 is 0 Å². The second-order valence-corrected chi connectivity index (χ2v) is 5.90. The van der Waals surface area contributed by atoms with Crippen molar-refractivity contribution in [3.63, 3.8) is 0 Å². The summed E-state index contributed by atoms with van der Waals surface area (Å²) in [6.07, 6.45) is 0. The Labute approximate surface area is 108 Å². The highest BCUT2D eigenvalue weighted by Gasteiger charge is 2.17. The van der Waals surface area contributed by atoms with E-state index in [2.05, 4.69) is 5.10 Å². The maximum absolute atomic E-state index is 6.10. The number of thiophene rings is 1. The summed E-state index contributed by atoms with van der Waals surface area (Å²) < 4.78 is 3.11. The van der Waals surface area contributed by atoms with Gasteiger partial charge in [0.25, 0.3) is 0 Å². The zero-order valence-corrected chi connectivity index (χ0v) is 11.2. The summed E-state index contributed by atoms with van der Waals surface area (Å²) in [6, 6.07) is 3.68. The first-order valence-electron chi connectivity index (χ1n) is 4.75. The lowest BCUT2D eigenvalue weighted by atomic mass is 10.2. The number of hydrogen-bond acceptors (Lipinski definition) is 3. The fourth-order valence-corrected chi connectivity index (χ4v) is 3.25. The number of nitrogens with zero attached hydrogens (tertiary/aromatic N) is 2. The molecule has 0 radical (unpaired) electrons. The predicted molar refractivity (Wildman–Crippen MR) is 69.5 cm³/mol. The Balaban J connectivity index is 2.42. The van der Waals surface area contributed by atoms with Crippen LogP contribution in [-0.2, 0) is 0 Å². The van der Waals surface area contributed by atoms with Crippen LogP contribution in [0, 0.1) is 6.92 Å². The summed E-state index contributed by atoms with van der Waals surface area (Å²) in [6.45, 7) is 3.90. The van der Waals surface area contributed by atoms with Gasteiger partial charge in [0.05, 0.1) is 20.4 Å². The van der Waals surface area contributed by atoms with Crippen molar-refractivity contribution in [2.45, 2.75) is 19.9 Å². The molecule has 0 aliphatic heterocycles. The Morgan fingerprint density at radius 3 is 2.56 bits per heavy atom. The van der Waals surface area contributed by atoms with Crippen molar-refractivity contribution in [3.8, 4) is 0 Å². The molecule has 2 aromatic heterocycles. The normalized spacial score (nSPS) is 13.0. The number of halogens is 2. The van der Waals surface area contributed by atoms with Crippen LogP contribution in [0.25, 0.3) is 0 Å². The lowest BCUT2D eigenvalue weighted by molar-refractivity contribution is 0.570. The largest absolute Gasteiger partial charge is 0.384 e. The van der Waals surface area contributed by atoms with E-state index in [1.165, 1.54) is 11.3 Å². The Bertz CT molecular complexity index is 472. The van der Waals surface area contributed by atoms with Gasteiger partial charge in [-0.05, 0) is 19.9 Å². The predicted octanol–water partition coefficient (Wildman–Crippen LogP) is 3.75. The molecule has 6 heteroatoms. The van der Waals surface area contributed by atoms with Gasteiger partial charge in [0, 0.05) is 11.6 Å². The first kappa shape index (κ1) is 11.8. The van der Waals surface area contributed by atoms with Crippen molar-refractivity contribution in [1.82, 2.24) is 9.78 Å². The molecule has 86 valence electrons. The van der Waals surface area contributed by atoms with Crippen LogP contribution in [0.5, 0.6) is 0 Å². The quantitative estimate of drug-likeness (QED) is 0.907. The molecule has 1 atom stereocenters. The van der Waals surface area contributed by atoms with Gasteiger partial charge in [0.1, 0.15) is 5.82 Å². The van der Waals surface area contributed by atoms with Crippen LogP contribution >= 0.6 is 34.5 Å². The van der Waals surface area contributed by atoms with Gasteiger partial charge in [0.15, 0.2) is 0 Å². The Hall–Kier alpha value is -0.710. The zero-order valence-electron chi connectivity index (χ0n) is 8.87. The van der Waals surface area contributed by atoms with Crippen LogP contribution in [0.1, 0.15) is 24.2 Å². The molecular formula is C10H11Cl2N3S. The molecule has 0 spiro atoms. The lowest BCUT2D eigenvalue weighted by Gasteiger charge is -2.12. The van der Waals surface area contributed by atoms with Crippen LogP contribution < -0.4 is 5.73 Å². The topological polar surface area (TPSA) is 43.8 Å². The molecule has 3 nitrogen and oxygen atoms in total. The molecular weight excluding hydrogens is 265 g/mol. The Morgan fingerprint density at radius 1 is 1.44 bits per heavy atom. The molecule has 0 saturated heterocycles. The van der Waals surface area contributed by atoms with E-state index in [0.29, 0.717) is 14.5 Å². The van der Waals surface area contributed by atoms with E-state index in [1.807, 2.05) is 26.0 Å². The van der Waals surface area contributed by atoms with E-state index in [0.717, 1.165) is 11.3 Å². The smallest absolute Gasteiger partial charge is 0.122 e. The number of anilines is 1. The molecule has 2 rings (SSSR count). The maximum atomic E-state index is 6.10. The van der Waals surface area contributed by atoms with Crippen molar-refractivity contribution in [1.29, 1.82) is 0 Å². The molecule has 0 aromatic carbocycles. The second kappa shape index (κ2) is 4.28. The number of hydrogen-bond donors (Lipinski definition) is 1. The van der Waals surface area contributed by atoms with Gasteiger partial charge < -0.3 is 5.73 Å². The third-order valence-electron chi connectivity index (χ3n) is 2.39. The first-order chi connectivity index (χ1) is 7.49. The number of aromatic nitrogens is 2. The van der Waals surface area contributed by atoms with Gasteiger partial charge in [0.2, 0.25) is 0 Å². The van der Waals surface area contributed by atoms with Crippen molar-refractivity contribution < 1.29 is 0 Å². The monoisotopic (exact) mass is 275 g/mol. The third kappa shape index (κ3) is 2.05. The second-order valence-electron chi connectivity index (χ2n) is 3.61. The standard InChI is InChI=1S/C10H11Cl2N3S/c1-5-3-9(13)15(14-5)6(2)7-4-8(11)16-10(7)12/h3-4,6H,13H2,1-2H3.